The van der Waals surface area contributed by atoms with E-state index in [1.165, 1.54) is 12.1 Å². The van der Waals surface area contributed by atoms with Crippen molar-refractivity contribution in [1.29, 1.82) is 0 Å². The number of carbonyl (C=O) groups is 1. The molecule has 1 rings (SSSR count). The number of carbonyl (C=O) groups excluding carboxylic acids is 1. The standard InChI is InChI=1S/C14H20FN3OS/c1-3-18(4-2)13(19)7-8-17-12-6-5-10(15)9-11(12)14(16)20/h5-6,9,17H,3-4,7-8H2,1-2H3,(H2,16,20). The van der Waals surface area contributed by atoms with Gasteiger partial charge in [0.1, 0.15) is 10.8 Å². The lowest BCUT2D eigenvalue weighted by Crippen LogP contribution is -2.31. The van der Waals surface area contributed by atoms with Gasteiger partial charge in [-0.15, -0.1) is 0 Å². The molecule has 0 radical (unpaired) electrons. The van der Waals surface area contributed by atoms with E-state index in [0.717, 1.165) is 0 Å². The van der Waals surface area contributed by atoms with Crippen molar-refractivity contribution in [2.24, 2.45) is 5.73 Å². The van der Waals surface area contributed by atoms with Crippen LogP contribution in [0.2, 0.25) is 0 Å². The van der Waals surface area contributed by atoms with Gasteiger partial charge in [0.25, 0.3) is 0 Å². The van der Waals surface area contributed by atoms with Crippen LogP contribution in [0.5, 0.6) is 0 Å². The smallest absolute Gasteiger partial charge is 0.224 e. The fourth-order valence-corrected chi connectivity index (χ4v) is 2.08. The Morgan fingerprint density at radius 3 is 2.60 bits per heavy atom. The Kier molecular flexibility index (Phi) is 6.38. The van der Waals surface area contributed by atoms with Gasteiger partial charge in [0, 0.05) is 37.3 Å². The molecule has 0 aliphatic carbocycles. The molecule has 0 spiro atoms. The normalized spacial score (nSPS) is 10.2. The third-order valence-corrected chi connectivity index (χ3v) is 3.24. The predicted molar refractivity (Wildman–Crippen MR) is 83.3 cm³/mol. The molecule has 0 aliphatic rings. The van der Waals surface area contributed by atoms with Crippen LogP contribution in [-0.4, -0.2) is 35.4 Å². The summed E-state index contributed by atoms with van der Waals surface area (Å²) in [4.78, 5) is 13.7. The average molecular weight is 297 g/mol. The molecule has 1 amide bonds. The van der Waals surface area contributed by atoms with Gasteiger partial charge in [0.05, 0.1) is 0 Å². The van der Waals surface area contributed by atoms with E-state index in [9.17, 15) is 9.18 Å². The molecule has 0 fully saturated rings. The molecular formula is C14H20FN3OS. The first-order chi connectivity index (χ1) is 9.49. The molecular weight excluding hydrogens is 277 g/mol. The summed E-state index contributed by atoms with van der Waals surface area (Å²) in [5.41, 5.74) is 6.65. The first-order valence-corrected chi connectivity index (χ1v) is 7.01. The van der Waals surface area contributed by atoms with Crippen molar-refractivity contribution in [3.63, 3.8) is 0 Å². The molecule has 3 N–H and O–H groups in total. The molecule has 1 aromatic rings. The number of thiocarbonyl (C=S) groups is 1. The van der Waals surface area contributed by atoms with Gasteiger partial charge in [-0.1, -0.05) is 12.2 Å². The van der Waals surface area contributed by atoms with Crippen LogP contribution in [-0.2, 0) is 4.79 Å². The average Bonchev–Trinajstić information content (AvgIpc) is 2.41. The number of nitrogens with zero attached hydrogens (tertiary/aromatic N) is 1. The SMILES string of the molecule is CCN(CC)C(=O)CCNc1ccc(F)cc1C(N)=S. The summed E-state index contributed by atoms with van der Waals surface area (Å²) < 4.78 is 13.2. The summed E-state index contributed by atoms with van der Waals surface area (Å²) in [6.45, 7) is 5.74. The van der Waals surface area contributed by atoms with E-state index >= 15 is 0 Å². The first-order valence-electron chi connectivity index (χ1n) is 6.60. The zero-order valence-corrected chi connectivity index (χ0v) is 12.6. The Hall–Kier alpha value is -1.69. The molecule has 1 aromatic carbocycles. The summed E-state index contributed by atoms with van der Waals surface area (Å²) in [5, 5.41) is 3.07. The van der Waals surface area contributed by atoms with Gasteiger partial charge in [-0.05, 0) is 32.0 Å². The van der Waals surface area contributed by atoms with Crippen molar-refractivity contribution in [1.82, 2.24) is 4.90 Å². The molecule has 0 saturated carbocycles. The summed E-state index contributed by atoms with van der Waals surface area (Å²) in [6, 6.07) is 4.19. The van der Waals surface area contributed by atoms with Gasteiger partial charge in [0.15, 0.2) is 0 Å². The van der Waals surface area contributed by atoms with Gasteiger partial charge >= 0.3 is 0 Å². The highest BCUT2D eigenvalue weighted by atomic mass is 32.1. The highest BCUT2D eigenvalue weighted by molar-refractivity contribution is 7.80. The number of amides is 1. The van der Waals surface area contributed by atoms with Crippen LogP contribution in [0.1, 0.15) is 25.8 Å². The number of nitrogens with one attached hydrogen (secondary N) is 1. The Morgan fingerprint density at radius 2 is 2.05 bits per heavy atom. The quantitative estimate of drug-likeness (QED) is 0.757. The van der Waals surface area contributed by atoms with Crippen LogP contribution in [0.3, 0.4) is 0 Å². The third-order valence-electron chi connectivity index (χ3n) is 3.02. The maximum Gasteiger partial charge on any atom is 0.224 e. The fourth-order valence-electron chi connectivity index (χ4n) is 1.91. The number of nitrogens with two attached hydrogens (primary N) is 1. The van der Waals surface area contributed by atoms with E-state index in [2.05, 4.69) is 5.32 Å². The third kappa shape index (κ3) is 4.45. The Morgan fingerprint density at radius 1 is 1.40 bits per heavy atom. The van der Waals surface area contributed by atoms with Crippen molar-refractivity contribution in [3.8, 4) is 0 Å². The number of halogens is 1. The van der Waals surface area contributed by atoms with Crippen LogP contribution >= 0.6 is 12.2 Å². The predicted octanol–water partition coefficient (Wildman–Crippen LogP) is 2.13. The van der Waals surface area contributed by atoms with Crippen molar-refractivity contribution < 1.29 is 9.18 Å². The lowest BCUT2D eigenvalue weighted by molar-refractivity contribution is -0.130. The van der Waals surface area contributed by atoms with Crippen molar-refractivity contribution in [3.05, 3.63) is 29.6 Å². The van der Waals surface area contributed by atoms with Crippen molar-refractivity contribution >= 4 is 28.8 Å². The molecule has 0 bridgehead atoms. The second kappa shape index (κ2) is 7.79. The first kappa shape index (κ1) is 16.4. The van der Waals surface area contributed by atoms with E-state index in [0.29, 0.717) is 37.3 Å². The highest BCUT2D eigenvalue weighted by Gasteiger charge is 2.10. The summed E-state index contributed by atoms with van der Waals surface area (Å²) in [6.07, 6.45) is 0.371. The van der Waals surface area contributed by atoms with E-state index in [4.69, 9.17) is 18.0 Å². The van der Waals surface area contributed by atoms with Crippen LogP contribution in [0.25, 0.3) is 0 Å². The van der Waals surface area contributed by atoms with Crippen LogP contribution in [0.15, 0.2) is 18.2 Å². The van der Waals surface area contributed by atoms with Gasteiger partial charge in [-0.25, -0.2) is 4.39 Å². The topological polar surface area (TPSA) is 58.4 Å². The minimum absolute atomic E-state index is 0.0847. The molecule has 20 heavy (non-hydrogen) atoms. The number of benzene rings is 1. The molecule has 110 valence electrons. The Balaban J connectivity index is 2.62. The molecule has 0 unspecified atom stereocenters. The van der Waals surface area contributed by atoms with Crippen LogP contribution in [0, 0.1) is 5.82 Å². The highest BCUT2D eigenvalue weighted by Crippen LogP contribution is 2.17. The minimum Gasteiger partial charge on any atom is -0.389 e. The van der Waals surface area contributed by atoms with Gasteiger partial charge in [-0.2, -0.15) is 0 Å². The van der Waals surface area contributed by atoms with E-state index < -0.39 is 5.82 Å². The monoisotopic (exact) mass is 297 g/mol. The number of hydrogen-bond acceptors (Lipinski definition) is 3. The van der Waals surface area contributed by atoms with Crippen molar-refractivity contribution in [2.75, 3.05) is 25.0 Å². The lowest BCUT2D eigenvalue weighted by atomic mass is 10.1. The Labute approximate surface area is 124 Å². The largest absolute Gasteiger partial charge is 0.389 e. The van der Waals surface area contributed by atoms with E-state index in [-0.39, 0.29) is 10.9 Å². The van der Waals surface area contributed by atoms with Crippen LogP contribution in [0.4, 0.5) is 10.1 Å². The molecule has 0 atom stereocenters. The summed E-state index contributed by atoms with van der Waals surface area (Å²) in [5.74, 6) is -0.306. The van der Waals surface area contributed by atoms with E-state index in [1.807, 2.05) is 13.8 Å². The Bertz CT molecular complexity index is 489. The van der Waals surface area contributed by atoms with Crippen LogP contribution < -0.4 is 11.1 Å². The summed E-state index contributed by atoms with van der Waals surface area (Å²) in [7, 11) is 0. The number of hydrogen-bond donors (Lipinski definition) is 2. The fraction of sp³-hybridized carbons (Fsp3) is 0.429. The summed E-state index contributed by atoms with van der Waals surface area (Å²) >= 11 is 4.89. The maximum absolute atomic E-state index is 13.2. The maximum atomic E-state index is 13.2. The number of anilines is 1. The molecule has 0 aliphatic heterocycles. The lowest BCUT2D eigenvalue weighted by Gasteiger charge is -2.19. The minimum atomic E-state index is -0.391. The molecule has 4 nitrogen and oxygen atoms in total. The zero-order chi connectivity index (χ0) is 15.1. The van der Waals surface area contributed by atoms with Gasteiger partial charge < -0.3 is 16.0 Å². The van der Waals surface area contributed by atoms with Crippen molar-refractivity contribution in [2.45, 2.75) is 20.3 Å². The van der Waals surface area contributed by atoms with Gasteiger partial charge in [0.2, 0.25) is 5.91 Å². The second-order valence-electron chi connectivity index (χ2n) is 4.30. The van der Waals surface area contributed by atoms with Gasteiger partial charge in [-0.3, -0.25) is 4.79 Å². The molecule has 0 heterocycles. The second-order valence-corrected chi connectivity index (χ2v) is 4.74. The number of rotatable bonds is 7. The molecule has 0 aromatic heterocycles. The van der Waals surface area contributed by atoms with E-state index in [1.54, 1.807) is 11.0 Å². The molecule has 6 heteroatoms. The molecule has 0 saturated heterocycles. The zero-order valence-electron chi connectivity index (χ0n) is 11.8.